The van der Waals surface area contributed by atoms with Crippen LogP contribution >= 0.6 is 0 Å². The van der Waals surface area contributed by atoms with E-state index in [0.29, 0.717) is 6.04 Å². The lowest BCUT2D eigenvalue weighted by atomic mass is 10.0. The van der Waals surface area contributed by atoms with Crippen molar-refractivity contribution in [2.45, 2.75) is 45.6 Å². The van der Waals surface area contributed by atoms with Gasteiger partial charge in [-0.1, -0.05) is 44.9 Å². The van der Waals surface area contributed by atoms with Crippen molar-refractivity contribution in [3.63, 3.8) is 0 Å². The van der Waals surface area contributed by atoms with Gasteiger partial charge in [-0.25, -0.2) is 0 Å². The maximum atomic E-state index is 3.61. The zero-order chi connectivity index (χ0) is 10.7. The topological polar surface area (TPSA) is 12.0 Å². The molecule has 1 N–H and O–H groups in total. The molecule has 1 atom stereocenters. The van der Waals surface area contributed by atoms with Crippen molar-refractivity contribution >= 4 is 5.69 Å². The fourth-order valence-corrected chi connectivity index (χ4v) is 2.32. The van der Waals surface area contributed by atoms with Crippen molar-refractivity contribution in [1.82, 2.24) is 0 Å². The molecule has 0 saturated carbocycles. The van der Waals surface area contributed by atoms with Crippen molar-refractivity contribution in [3.8, 4) is 0 Å². The molecule has 0 aliphatic carbocycles. The summed E-state index contributed by atoms with van der Waals surface area (Å²) < 4.78 is 0. The van der Waals surface area contributed by atoms with Crippen LogP contribution in [0.2, 0.25) is 0 Å². The minimum absolute atomic E-state index is 0.682. The highest BCUT2D eigenvalue weighted by atomic mass is 14.9. The standard InChI is InChI=1S/C14H21N/c1-11(2)6-5-8-13-10-12-7-3-4-9-14(12)15-13/h3-4,7,9,11,13,15H,5-6,8,10H2,1-2H3. The monoisotopic (exact) mass is 203 g/mol. The van der Waals surface area contributed by atoms with Crippen molar-refractivity contribution in [3.05, 3.63) is 29.8 Å². The summed E-state index contributed by atoms with van der Waals surface area (Å²) in [5.41, 5.74) is 2.85. The van der Waals surface area contributed by atoms with Crippen LogP contribution in [0.15, 0.2) is 24.3 Å². The van der Waals surface area contributed by atoms with Gasteiger partial charge in [0.1, 0.15) is 0 Å². The molecule has 1 nitrogen and oxygen atoms in total. The summed E-state index contributed by atoms with van der Waals surface area (Å²) in [5, 5.41) is 3.61. The molecule has 82 valence electrons. The average Bonchev–Trinajstić information content (AvgIpc) is 2.59. The van der Waals surface area contributed by atoms with E-state index in [4.69, 9.17) is 0 Å². The van der Waals surface area contributed by atoms with Gasteiger partial charge in [-0.05, 0) is 30.4 Å². The van der Waals surface area contributed by atoms with E-state index in [9.17, 15) is 0 Å². The van der Waals surface area contributed by atoms with Crippen LogP contribution in [-0.4, -0.2) is 6.04 Å². The molecule has 1 heteroatoms. The van der Waals surface area contributed by atoms with Crippen LogP contribution in [0, 0.1) is 5.92 Å². The van der Waals surface area contributed by atoms with Crippen LogP contribution in [0.1, 0.15) is 38.7 Å². The minimum Gasteiger partial charge on any atom is -0.382 e. The van der Waals surface area contributed by atoms with E-state index in [1.165, 1.54) is 36.9 Å². The van der Waals surface area contributed by atoms with Gasteiger partial charge in [-0.3, -0.25) is 0 Å². The quantitative estimate of drug-likeness (QED) is 0.783. The third-order valence-corrected chi connectivity index (χ3v) is 3.18. The van der Waals surface area contributed by atoms with Crippen LogP contribution in [0.5, 0.6) is 0 Å². The predicted octanol–water partition coefficient (Wildman–Crippen LogP) is 3.85. The molecule has 1 aromatic carbocycles. The van der Waals surface area contributed by atoms with Crippen LogP contribution in [-0.2, 0) is 6.42 Å². The van der Waals surface area contributed by atoms with E-state index in [0.717, 1.165) is 5.92 Å². The van der Waals surface area contributed by atoms with Crippen molar-refractivity contribution in [2.24, 2.45) is 5.92 Å². The van der Waals surface area contributed by atoms with E-state index in [-0.39, 0.29) is 0 Å². The van der Waals surface area contributed by atoms with Gasteiger partial charge in [-0.15, -0.1) is 0 Å². The lowest BCUT2D eigenvalue weighted by molar-refractivity contribution is 0.514. The molecule has 0 radical (unpaired) electrons. The normalized spacial score (nSPS) is 19.0. The Kier molecular flexibility index (Phi) is 3.30. The smallest absolute Gasteiger partial charge is 0.0375 e. The van der Waals surface area contributed by atoms with Gasteiger partial charge in [0, 0.05) is 11.7 Å². The SMILES string of the molecule is CC(C)CCCC1Cc2ccccc2N1. The van der Waals surface area contributed by atoms with Crippen molar-refractivity contribution in [2.75, 3.05) is 5.32 Å². The number of rotatable bonds is 4. The Bertz CT molecular complexity index is 292. The van der Waals surface area contributed by atoms with Crippen LogP contribution in [0.4, 0.5) is 5.69 Å². The van der Waals surface area contributed by atoms with Crippen LogP contribution in [0.25, 0.3) is 0 Å². The number of hydrogen-bond acceptors (Lipinski definition) is 1. The first-order chi connectivity index (χ1) is 7.25. The second-order valence-corrected chi connectivity index (χ2v) is 5.03. The molecule has 0 aromatic heterocycles. The van der Waals surface area contributed by atoms with Crippen molar-refractivity contribution < 1.29 is 0 Å². The first-order valence-corrected chi connectivity index (χ1v) is 6.10. The number of nitrogens with one attached hydrogen (secondary N) is 1. The number of benzene rings is 1. The molecular weight excluding hydrogens is 182 g/mol. The molecule has 0 bridgehead atoms. The molecule has 1 unspecified atom stereocenters. The first-order valence-electron chi connectivity index (χ1n) is 6.10. The van der Waals surface area contributed by atoms with Gasteiger partial charge in [0.2, 0.25) is 0 Å². The molecule has 2 rings (SSSR count). The third-order valence-electron chi connectivity index (χ3n) is 3.18. The van der Waals surface area contributed by atoms with Crippen molar-refractivity contribution in [1.29, 1.82) is 0 Å². The molecule has 0 amide bonds. The predicted molar refractivity (Wildman–Crippen MR) is 66.2 cm³/mol. The zero-order valence-electron chi connectivity index (χ0n) is 9.79. The molecule has 1 aromatic rings. The molecule has 1 aliphatic heterocycles. The summed E-state index contributed by atoms with van der Waals surface area (Å²) in [5.74, 6) is 0.841. The van der Waals surface area contributed by atoms with E-state index in [1.54, 1.807) is 0 Å². The Morgan fingerprint density at radius 3 is 2.87 bits per heavy atom. The lowest BCUT2D eigenvalue weighted by Gasteiger charge is -2.11. The number of hydrogen-bond donors (Lipinski definition) is 1. The molecule has 0 spiro atoms. The zero-order valence-corrected chi connectivity index (χ0v) is 9.79. The largest absolute Gasteiger partial charge is 0.382 e. The van der Waals surface area contributed by atoms with Gasteiger partial charge in [0.15, 0.2) is 0 Å². The minimum atomic E-state index is 0.682. The maximum absolute atomic E-state index is 3.61. The fourth-order valence-electron chi connectivity index (χ4n) is 2.32. The summed E-state index contributed by atoms with van der Waals surface area (Å²) in [6.07, 6.45) is 5.24. The highest BCUT2D eigenvalue weighted by molar-refractivity contribution is 5.56. The highest BCUT2D eigenvalue weighted by Gasteiger charge is 2.18. The summed E-state index contributed by atoms with van der Waals surface area (Å²) in [6, 6.07) is 9.36. The Morgan fingerprint density at radius 1 is 1.33 bits per heavy atom. The van der Waals surface area contributed by atoms with Gasteiger partial charge >= 0.3 is 0 Å². The van der Waals surface area contributed by atoms with E-state index in [2.05, 4.69) is 43.4 Å². The third kappa shape index (κ3) is 2.74. The molecule has 0 fully saturated rings. The second kappa shape index (κ2) is 4.69. The number of fused-ring (bicyclic) bond motifs is 1. The van der Waals surface area contributed by atoms with E-state index in [1.807, 2.05) is 0 Å². The average molecular weight is 203 g/mol. The summed E-state index contributed by atoms with van der Waals surface area (Å²) in [7, 11) is 0. The number of anilines is 1. The lowest BCUT2D eigenvalue weighted by Crippen LogP contribution is -2.15. The van der Waals surface area contributed by atoms with E-state index >= 15 is 0 Å². The fraction of sp³-hybridized carbons (Fsp3) is 0.571. The molecule has 1 aliphatic rings. The van der Waals surface area contributed by atoms with Crippen LogP contribution in [0.3, 0.4) is 0 Å². The molecule has 1 heterocycles. The highest BCUT2D eigenvalue weighted by Crippen LogP contribution is 2.27. The summed E-state index contributed by atoms with van der Waals surface area (Å²) in [6.45, 7) is 4.60. The summed E-state index contributed by atoms with van der Waals surface area (Å²) >= 11 is 0. The molecular formula is C14H21N. The van der Waals surface area contributed by atoms with Gasteiger partial charge in [0.05, 0.1) is 0 Å². The van der Waals surface area contributed by atoms with E-state index < -0.39 is 0 Å². The number of para-hydroxylation sites is 1. The Morgan fingerprint density at radius 2 is 2.13 bits per heavy atom. The maximum Gasteiger partial charge on any atom is 0.0375 e. The Balaban J connectivity index is 1.80. The Hall–Kier alpha value is -0.980. The summed E-state index contributed by atoms with van der Waals surface area (Å²) in [4.78, 5) is 0. The van der Waals surface area contributed by atoms with Gasteiger partial charge < -0.3 is 5.32 Å². The second-order valence-electron chi connectivity index (χ2n) is 5.03. The molecule has 15 heavy (non-hydrogen) atoms. The molecule has 0 saturated heterocycles. The van der Waals surface area contributed by atoms with Gasteiger partial charge in [0.25, 0.3) is 0 Å². The first kappa shape index (κ1) is 10.5. The Labute approximate surface area is 92.9 Å². The van der Waals surface area contributed by atoms with Gasteiger partial charge in [-0.2, -0.15) is 0 Å². The van der Waals surface area contributed by atoms with Crippen LogP contribution < -0.4 is 5.32 Å².